The van der Waals surface area contributed by atoms with Gasteiger partial charge in [0, 0.05) is 37.5 Å². The standard InChI is InChI=1S/C50H61N5O14/c1-34(2)46(54-49(59)67-32-43-41-13-6-4-11-39(41)40-12-5-7-14-42(40)43)48(58)53-44(15-8-9-24-51-25-10-26-64-27-28-65-29-30-66-45(56)33-63-3)47(57)52-36-18-16-35(17-19-36)31-68-50(60)69-38-22-20-37(21-23-38)55(61)62/h4-7,11-14,16-23,34,43-44,46,51H,8-10,15,24-33H2,1-3H3,(H,52,57)(H,53,58)(H,54,59)/t44-,46-/m0/s1. The molecule has 0 fully saturated rings. The van der Waals surface area contributed by atoms with E-state index in [2.05, 4.69) is 21.3 Å². The van der Waals surface area contributed by atoms with Gasteiger partial charge in [0.2, 0.25) is 11.8 Å². The van der Waals surface area contributed by atoms with E-state index in [0.717, 1.165) is 28.7 Å². The Morgan fingerprint density at radius 1 is 0.696 bits per heavy atom. The van der Waals surface area contributed by atoms with Crippen molar-refractivity contribution in [3.63, 3.8) is 0 Å². The average Bonchev–Trinajstić information content (AvgIpc) is 3.66. The number of hydrogen-bond acceptors (Lipinski definition) is 15. The largest absolute Gasteiger partial charge is 0.514 e. The summed E-state index contributed by atoms with van der Waals surface area (Å²) >= 11 is 0. The van der Waals surface area contributed by atoms with Crippen molar-refractivity contribution in [2.75, 3.05) is 71.8 Å². The molecule has 370 valence electrons. The summed E-state index contributed by atoms with van der Waals surface area (Å²) in [7, 11) is 1.42. The predicted octanol–water partition coefficient (Wildman–Crippen LogP) is 6.67. The lowest BCUT2D eigenvalue weighted by molar-refractivity contribution is -0.384. The smallest absolute Gasteiger partial charge is 0.462 e. The number of methoxy groups -OCH3 is 1. The van der Waals surface area contributed by atoms with Crippen LogP contribution in [0.4, 0.5) is 21.0 Å². The number of alkyl carbamates (subject to hydrolysis) is 1. The average molecular weight is 956 g/mol. The molecule has 0 heterocycles. The minimum atomic E-state index is -1.01. The van der Waals surface area contributed by atoms with Crippen molar-refractivity contribution in [2.24, 2.45) is 5.92 Å². The zero-order valence-electron chi connectivity index (χ0n) is 39.1. The van der Waals surface area contributed by atoms with Crippen LogP contribution in [-0.4, -0.2) is 113 Å². The van der Waals surface area contributed by atoms with Crippen LogP contribution >= 0.6 is 0 Å². The number of nitro groups is 1. The molecule has 1 aliphatic rings. The highest BCUT2D eigenvalue weighted by molar-refractivity contribution is 5.98. The minimum absolute atomic E-state index is 0.0713. The van der Waals surface area contributed by atoms with Crippen molar-refractivity contribution in [3.05, 3.63) is 124 Å². The molecular formula is C50H61N5O14. The zero-order chi connectivity index (χ0) is 49.4. The summed E-state index contributed by atoms with van der Waals surface area (Å²) in [5.74, 6) is -1.90. The molecule has 1 aliphatic carbocycles. The van der Waals surface area contributed by atoms with E-state index in [1.54, 1.807) is 38.1 Å². The number of nitrogens with zero attached hydrogens (tertiary/aromatic N) is 1. The number of nitro benzene ring substituents is 1. The number of unbranched alkanes of at least 4 members (excludes halogenated alkanes) is 1. The summed E-state index contributed by atoms with van der Waals surface area (Å²) in [6, 6.07) is 25.5. The second-order valence-electron chi connectivity index (χ2n) is 16.3. The van der Waals surface area contributed by atoms with Crippen LogP contribution in [0.2, 0.25) is 0 Å². The van der Waals surface area contributed by atoms with Gasteiger partial charge in [-0.1, -0.05) is 74.5 Å². The summed E-state index contributed by atoms with van der Waals surface area (Å²) in [4.78, 5) is 74.9. The second-order valence-corrected chi connectivity index (χ2v) is 16.3. The third kappa shape index (κ3) is 17.6. The molecule has 69 heavy (non-hydrogen) atoms. The Balaban J connectivity index is 1.10. The van der Waals surface area contributed by atoms with Gasteiger partial charge < -0.3 is 54.4 Å². The molecule has 2 atom stereocenters. The highest BCUT2D eigenvalue weighted by Gasteiger charge is 2.32. The maximum atomic E-state index is 13.9. The van der Waals surface area contributed by atoms with Crippen LogP contribution in [0.3, 0.4) is 0 Å². The number of carbonyl (C=O) groups is 5. The predicted molar refractivity (Wildman–Crippen MR) is 254 cm³/mol. The molecule has 0 radical (unpaired) electrons. The number of non-ortho nitro benzene ring substituents is 1. The number of hydrogen-bond donors (Lipinski definition) is 4. The third-order valence-corrected chi connectivity index (χ3v) is 10.9. The lowest BCUT2D eigenvalue weighted by atomic mass is 9.98. The Morgan fingerprint density at radius 2 is 1.33 bits per heavy atom. The van der Waals surface area contributed by atoms with Gasteiger partial charge in [0.25, 0.3) is 5.69 Å². The van der Waals surface area contributed by atoms with E-state index in [1.807, 2.05) is 48.5 Å². The van der Waals surface area contributed by atoms with Crippen LogP contribution in [0.5, 0.6) is 5.75 Å². The van der Waals surface area contributed by atoms with Crippen molar-refractivity contribution in [1.82, 2.24) is 16.0 Å². The summed E-state index contributed by atoms with van der Waals surface area (Å²) in [5, 5.41) is 22.7. The molecule has 5 rings (SSSR count). The first kappa shape index (κ1) is 53.0. The fraction of sp³-hybridized carbons (Fsp3) is 0.420. The first-order valence-corrected chi connectivity index (χ1v) is 22.8. The van der Waals surface area contributed by atoms with E-state index in [4.69, 9.17) is 33.2 Å². The molecule has 19 nitrogen and oxygen atoms in total. The molecule has 0 unspecified atom stereocenters. The van der Waals surface area contributed by atoms with Crippen molar-refractivity contribution in [1.29, 1.82) is 0 Å². The topological polar surface area (TPSA) is 241 Å². The lowest BCUT2D eigenvalue weighted by Gasteiger charge is -2.25. The number of anilines is 1. The van der Waals surface area contributed by atoms with Crippen molar-refractivity contribution in [2.45, 2.75) is 64.1 Å². The zero-order valence-corrected chi connectivity index (χ0v) is 39.1. The van der Waals surface area contributed by atoms with Gasteiger partial charge in [-0.25, -0.2) is 14.4 Å². The monoisotopic (exact) mass is 955 g/mol. The van der Waals surface area contributed by atoms with Gasteiger partial charge in [-0.15, -0.1) is 0 Å². The van der Waals surface area contributed by atoms with Gasteiger partial charge in [-0.05, 0) is 96.8 Å². The number of rotatable bonds is 29. The minimum Gasteiger partial charge on any atom is -0.462 e. The Morgan fingerprint density at radius 3 is 1.99 bits per heavy atom. The summed E-state index contributed by atoms with van der Waals surface area (Å²) in [6.07, 6.45) is 0.590. The van der Waals surface area contributed by atoms with Crippen LogP contribution in [0, 0.1) is 16.0 Å². The summed E-state index contributed by atoms with van der Waals surface area (Å²) < 4.78 is 36.6. The van der Waals surface area contributed by atoms with Gasteiger partial charge in [0.15, 0.2) is 0 Å². The van der Waals surface area contributed by atoms with E-state index in [1.165, 1.54) is 31.4 Å². The normalized spacial score (nSPS) is 12.5. The van der Waals surface area contributed by atoms with E-state index in [-0.39, 0.29) is 56.3 Å². The molecule has 0 bridgehead atoms. The van der Waals surface area contributed by atoms with Gasteiger partial charge in [0.05, 0.1) is 24.7 Å². The van der Waals surface area contributed by atoms with Crippen molar-refractivity contribution < 1.29 is 62.1 Å². The van der Waals surface area contributed by atoms with Crippen molar-refractivity contribution in [3.8, 4) is 16.9 Å². The van der Waals surface area contributed by atoms with Crippen LogP contribution in [0.1, 0.15) is 62.1 Å². The molecule has 19 heteroatoms. The SMILES string of the molecule is COCC(=O)OCCOCCOCCCNCCCC[C@H](NC(=O)[C@@H](NC(=O)OCC1c2ccccc2-c2ccccc21)C(C)C)C(=O)Nc1ccc(COC(=O)Oc2ccc([N+](=O)[O-])cc2)cc1. The molecule has 0 spiro atoms. The van der Waals surface area contributed by atoms with Crippen LogP contribution in [-0.2, 0) is 49.4 Å². The van der Waals surface area contributed by atoms with E-state index < -0.39 is 47.0 Å². The Kier molecular flexibility index (Phi) is 21.8. The fourth-order valence-electron chi connectivity index (χ4n) is 7.37. The van der Waals surface area contributed by atoms with E-state index in [0.29, 0.717) is 63.4 Å². The third-order valence-electron chi connectivity index (χ3n) is 10.9. The number of fused-ring (bicyclic) bond motifs is 3. The lowest BCUT2D eigenvalue weighted by Crippen LogP contribution is -2.54. The first-order valence-electron chi connectivity index (χ1n) is 22.8. The maximum absolute atomic E-state index is 13.9. The molecule has 0 aliphatic heterocycles. The molecule has 0 saturated carbocycles. The van der Waals surface area contributed by atoms with Crippen molar-refractivity contribution >= 4 is 41.4 Å². The van der Waals surface area contributed by atoms with Gasteiger partial charge in [-0.2, -0.15) is 0 Å². The summed E-state index contributed by atoms with van der Waals surface area (Å²) in [5.41, 5.74) is 5.15. The Hall–Kier alpha value is -6.93. The van der Waals surface area contributed by atoms with Gasteiger partial charge >= 0.3 is 18.2 Å². The quantitative estimate of drug-likeness (QED) is 0.0111. The molecular weight excluding hydrogens is 895 g/mol. The highest BCUT2D eigenvalue weighted by Crippen LogP contribution is 2.44. The van der Waals surface area contributed by atoms with E-state index >= 15 is 0 Å². The first-order chi connectivity index (χ1) is 33.4. The molecule has 0 saturated heterocycles. The number of amides is 3. The molecule has 4 aromatic rings. The molecule has 4 aromatic carbocycles. The summed E-state index contributed by atoms with van der Waals surface area (Å²) in [6.45, 7) is 6.49. The molecule has 3 amide bonds. The van der Waals surface area contributed by atoms with E-state index in [9.17, 15) is 34.1 Å². The number of benzene rings is 4. The molecule has 0 aromatic heterocycles. The Labute approximate surface area is 401 Å². The van der Waals surface area contributed by atoms with Crippen LogP contribution < -0.4 is 26.0 Å². The highest BCUT2D eigenvalue weighted by atomic mass is 16.7. The number of ether oxygens (including phenoxy) is 7. The molecule has 4 N–H and O–H groups in total. The van der Waals surface area contributed by atoms with Gasteiger partial charge in [-0.3, -0.25) is 19.7 Å². The maximum Gasteiger partial charge on any atom is 0.514 e. The van der Waals surface area contributed by atoms with Gasteiger partial charge in [0.1, 0.15) is 44.3 Å². The number of carbonyl (C=O) groups excluding carboxylic acids is 5. The van der Waals surface area contributed by atoms with Crippen LogP contribution in [0.25, 0.3) is 11.1 Å². The number of nitrogens with one attached hydrogen (secondary N) is 4. The second kappa shape index (κ2) is 28.4. The Bertz CT molecular complexity index is 2250. The van der Waals surface area contributed by atoms with Crippen LogP contribution in [0.15, 0.2) is 97.1 Å². The fourth-order valence-corrected chi connectivity index (χ4v) is 7.37. The number of esters is 1.